The molecule has 1 aromatic carbocycles. The zero-order chi connectivity index (χ0) is 20.9. The summed E-state index contributed by atoms with van der Waals surface area (Å²) in [6, 6.07) is 9.13. The van der Waals surface area contributed by atoms with E-state index in [0.29, 0.717) is 5.56 Å². The summed E-state index contributed by atoms with van der Waals surface area (Å²) in [6.45, 7) is 1.69. The van der Waals surface area contributed by atoms with Gasteiger partial charge < -0.3 is 0 Å². The Balaban J connectivity index is 1.70. The molecule has 1 aliphatic rings. The van der Waals surface area contributed by atoms with Gasteiger partial charge in [0.05, 0.1) is 4.90 Å². The van der Waals surface area contributed by atoms with Crippen molar-refractivity contribution in [2.24, 2.45) is 0 Å². The van der Waals surface area contributed by atoms with E-state index in [-0.39, 0.29) is 22.2 Å². The Bertz CT molecular complexity index is 987. The van der Waals surface area contributed by atoms with Crippen LogP contribution in [0.3, 0.4) is 0 Å². The van der Waals surface area contributed by atoms with Crippen LogP contribution in [0.5, 0.6) is 0 Å². The predicted octanol–water partition coefficient (Wildman–Crippen LogP) is 2.08. The van der Waals surface area contributed by atoms with Crippen molar-refractivity contribution >= 4 is 21.8 Å². The summed E-state index contributed by atoms with van der Waals surface area (Å²) in [5.41, 5.74) is 5.49. The third-order valence-electron chi connectivity index (χ3n) is 4.88. The summed E-state index contributed by atoms with van der Waals surface area (Å²) in [7, 11) is -3.73. The number of rotatable bonds is 5. The zero-order valence-corrected chi connectivity index (χ0v) is 17.0. The van der Waals surface area contributed by atoms with Gasteiger partial charge >= 0.3 is 0 Å². The highest BCUT2D eigenvalue weighted by molar-refractivity contribution is 7.89. The average Bonchev–Trinajstić information content (AvgIpc) is 2.73. The summed E-state index contributed by atoms with van der Waals surface area (Å²) in [6.07, 6.45) is 6.23. The summed E-state index contributed by atoms with van der Waals surface area (Å²) in [5, 5.41) is 0. The summed E-state index contributed by atoms with van der Waals surface area (Å²) < 4.78 is 28.2. The molecule has 9 heteroatoms. The number of aryl methyl sites for hydroxylation is 1. The molecule has 154 valence electrons. The van der Waals surface area contributed by atoms with Crippen molar-refractivity contribution in [2.75, 3.05) is 0 Å². The van der Waals surface area contributed by atoms with E-state index in [9.17, 15) is 18.0 Å². The fraction of sp³-hybridized carbons (Fsp3) is 0.350. The normalized spacial score (nSPS) is 14.9. The standard InChI is InChI=1S/C20H24N4O4S/c1-14-10-11-16(29(27,28)24-15-7-3-2-4-8-15)13-17(14)19(25)22-23-20(26)18-9-5-6-12-21-18/h5-6,9-13,15,24H,2-4,7-8H2,1H3,(H,22,25)(H,23,26). The van der Waals surface area contributed by atoms with Gasteiger partial charge in [-0.3, -0.25) is 25.4 Å². The fourth-order valence-electron chi connectivity index (χ4n) is 3.26. The van der Waals surface area contributed by atoms with E-state index in [1.165, 1.54) is 24.4 Å². The third-order valence-corrected chi connectivity index (χ3v) is 6.40. The topological polar surface area (TPSA) is 117 Å². The van der Waals surface area contributed by atoms with Crippen LogP contribution in [0, 0.1) is 6.92 Å². The molecule has 1 aromatic heterocycles. The second-order valence-electron chi connectivity index (χ2n) is 7.06. The molecule has 29 heavy (non-hydrogen) atoms. The lowest BCUT2D eigenvalue weighted by molar-refractivity contribution is 0.0843. The largest absolute Gasteiger partial charge is 0.288 e. The number of pyridine rings is 1. The molecule has 0 atom stereocenters. The molecule has 1 aliphatic carbocycles. The Hall–Kier alpha value is -2.78. The molecule has 1 heterocycles. The molecule has 0 unspecified atom stereocenters. The number of nitrogens with one attached hydrogen (secondary N) is 3. The molecule has 2 amide bonds. The smallest absolute Gasteiger partial charge is 0.267 e. The average molecular weight is 417 g/mol. The number of hydrogen-bond donors (Lipinski definition) is 3. The lowest BCUT2D eigenvalue weighted by Gasteiger charge is -2.22. The molecule has 0 radical (unpaired) electrons. The first-order chi connectivity index (χ1) is 13.9. The van der Waals surface area contributed by atoms with Crippen LogP contribution in [-0.4, -0.2) is 31.3 Å². The lowest BCUT2D eigenvalue weighted by Crippen LogP contribution is -2.42. The molecule has 8 nitrogen and oxygen atoms in total. The minimum Gasteiger partial charge on any atom is -0.267 e. The van der Waals surface area contributed by atoms with Gasteiger partial charge in [0.1, 0.15) is 5.69 Å². The van der Waals surface area contributed by atoms with Crippen LogP contribution in [0.4, 0.5) is 0 Å². The van der Waals surface area contributed by atoms with Crippen LogP contribution in [0.25, 0.3) is 0 Å². The van der Waals surface area contributed by atoms with Crippen molar-refractivity contribution in [3.63, 3.8) is 0 Å². The summed E-state index contributed by atoms with van der Waals surface area (Å²) in [5.74, 6) is -1.18. The van der Waals surface area contributed by atoms with E-state index in [0.717, 1.165) is 32.1 Å². The zero-order valence-electron chi connectivity index (χ0n) is 16.1. The highest BCUT2D eigenvalue weighted by Crippen LogP contribution is 2.21. The first-order valence-corrected chi connectivity index (χ1v) is 11.0. The summed E-state index contributed by atoms with van der Waals surface area (Å²) >= 11 is 0. The number of nitrogens with zero attached hydrogens (tertiary/aromatic N) is 1. The maximum atomic E-state index is 12.7. The second kappa shape index (κ2) is 9.15. The van der Waals surface area contributed by atoms with Gasteiger partial charge in [-0.1, -0.05) is 31.4 Å². The van der Waals surface area contributed by atoms with Gasteiger partial charge in [0, 0.05) is 17.8 Å². The van der Waals surface area contributed by atoms with Crippen molar-refractivity contribution in [2.45, 2.75) is 50.0 Å². The predicted molar refractivity (Wildman–Crippen MR) is 108 cm³/mol. The van der Waals surface area contributed by atoms with E-state index < -0.39 is 21.8 Å². The van der Waals surface area contributed by atoms with Gasteiger partial charge in [-0.05, 0) is 49.6 Å². The number of hydrazine groups is 1. The van der Waals surface area contributed by atoms with Gasteiger partial charge in [0.25, 0.3) is 11.8 Å². The number of carbonyl (C=O) groups is 2. The molecule has 3 rings (SSSR count). The van der Waals surface area contributed by atoms with Gasteiger partial charge in [-0.25, -0.2) is 13.1 Å². The van der Waals surface area contributed by atoms with Crippen LogP contribution in [0.2, 0.25) is 0 Å². The van der Waals surface area contributed by atoms with Crippen molar-refractivity contribution < 1.29 is 18.0 Å². The molecule has 1 saturated carbocycles. The first-order valence-electron chi connectivity index (χ1n) is 9.51. The SMILES string of the molecule is Cc1ccc(S(=O)(=O)NC2CCCCC2)cc1C(=O)NNC(=O)c1ccccn1. The van der Waals surface area contributed by atoms with Crippen LogP contribution >= 0.6 is 0 Å². The highest BCUT2D eigenvalue weighted by Gasteiger charge is 2.23. The second-order valence-corrected chi connectivity index (χ2v) is 8.77. The van der Waals surface area contributed by atoms with Crippen LogP contribution in [0.1, 0.15) is 58.5 Å². The van der Waals surface area contributed by atoms with E-state index in [2.05, 4.69) is 20.6 Å². The Labute approximate surface area is 170 Å². The van der Waals surface area contributed by atoms with Gasteiger partial charge in [0.15, 0.2) is 0 Å². The minimum atomic E-state index is -3.73. The van der Waals surface area contributed by atoms with Crippen molar-refractivity contribution in [1.82, 2.24) is 20.6 Å². The lowest BCUT2D eigenvalue weighted by atomic mass is 9.96. The van der Waals surface area contributed by atoms with E-state index >= 15 is 0 Å². The molecule has 0 saturated heterocycles. The molecule has 0 aliphatic heterocycles. The molecule has 0 bridgehead atoms. The van der Waals surface area contributed by atoms with Crippen LogP contribution in [0.15, 0.2) is 47.5 Å². The number of carbonyl (C=O) groups excluding carboxylic acids is 2. The van der Waals surface area contributed by atoms with Crippen LogP contribution < -0.4 is 15.6 Å². The molecule has 0 spiro atoms. The van der Waals surface area contributed by atoms with Crippen molar-refractivity contribution in [1.29, 1.82) is 0 Å². The van der Waals surface area contributed by atoms with Gasteiger partial charge in [-0.2, -0.15) is 0 Å². The van der Waals surface area contributed by atoms with Crippen molar-refractivity contribution in [3.05, 3.63) is 59.4 Å². The van der Waals surface area contributed by atoms with Crippen LogP contribution in [-0.2, 0) is 10.0 Å². The molecule has 2 aromatic rings. The molecular weight excluding hydrogens is 392 g/mol. The number of benzene rings is 1. The van der Waals surface area contributed by atoms with Gasteiger partial charge in [0.2, 0.25) is 10.0 Å². The maximum Gasteiger partial charge on any atom is 0.288 e. The number of hydrogen-bond acceptors (Lipinski definition) is 5. The Morgan fingerprint density at radius 3 is 2.41 bits per heavy atom. The number of amides is 2. The Kier molecular flexibility index (Phi) is 6.60. The van der Waals surface area contributed by atoms with E-state index in [1.807, 2.05) is 0 Å². The Morgan fingerprint density at radius 1 is 1.00 bits per heavy atom. The van der Waals surface area contributed by atoms with Gasteiger partial charge in [-0.15, -0.1) is 0 Å². The van der Waals surface area contributed by atoms with Crippen molar-refractivity contribution in [3.8, 4) is 0 Å². The Morgan fingerprint density at radius 2 is 1.72 bits per heavy atom. The quantitative estimate of drug-likeness (QED) is 0.645. The minimum absolute atomic E-state index is 0.0230. The highest BCUT2D eigenvalue weighted by atomic mass is 32.2. The molecule has 1 fully saturated rings. The number of sulfonamides is 1. The van der Waals surface area contributed by atoms with E-state index in [4.69, 9.17) is 0 Å². The van der Waals surface area contributed by atoms with E-state index in [1.54, 1.807) is 25.1 Å². The third kappa shape index (κ3) is 5.39. The molecular formula is C20H24N4O4S. The number of aromatic nitrogens is 1. The first kappa shape index (κ1) is 20.9. The summed E-state index contributed by atoms with van der Waals surface area (Å²) in [4.78, 5) is 28.4. The monoisotopic (exact) mass is 416 g/mol. The maximum absolute atomic E-state index is 12.7. The molecule has 3 N–H and O–H groups in total. The fourth-order valence-corrected chi connectivity index (χ4v) is 4.59.